The van der Waals surface area contributed by atoms with Gasteiger partial charge in [0.15, 0.2) is 28.7 Å². The number of amides is 1. The minimum absolute atomic E-state index is 0.0193. The Bertz CT molecular complexity index is 2900. The summed E-state index contributed by atoms with van der Waals surface area (Å²) in [6, 6.07) is 11.4. The number of Topliss-reactive ketones (excluding diaryl/α,β-unsaturated/α-hetero) is 1. The first-order chi connectivity index (χ1) is 32.6. The van der Waals surface area contributed by atoms with Crippen LogP contribution < -0.4 is 14.8 Å². The van der Waals surface area contributed by atoms with E-state index in [1.54, 1.807) is 36.4 Å². The fraction of sp³-hybridized carbons (Fsp3) is 0.434. The number of rotatable bonds is 5. The summed E-state index contributed by atoms with van der Waals surface area (Å²) in [6.45, 7) is -0.684. The molecule has 5 N–H and O–H groups in total. The molecule has 8 bridgehead atoms. The van der Waals surface area contributed by atoms with Crippen LogP contribution in [-0.4, -0.2) is 113 Å². The monoisotopic (exact) mass is 906 g/mol. The number of ketones is 1. The zero-order chi connectivity index (χ0) is 45.9. The van der Waals surface area contributed by atoms with Gasteiger partial charge in [-0.05, 0) is 109 Å². The van der Waals surface area contributed by atoms with Crippen molar-refractivity contribution >= 4 is 40.4 Å². The van der Waals surface area contributed by atoms with Gasteiger partial charge in [-0.2, -0.15) is 4.99 Å². The summed E-state index contributed by atoms with van der Waals surface area (Å²) in [5, 5.41) is 53.4. The topological polar surface area (TPSA) is 189 Å². The van der Waals surface area contributed by atoms with Gasteiger partial charge in [0.05, 0.1) is 49.4 Å². The first-order valence-electron chi connectivity index (χ1n) is 23.5. The molecule has 1 saturated heterocycles. The summed E-state index contributed by atoms with van der Waals surface area (Å²) in [7, 11) is 3.47. The van der Waals surface area contributed by atoms with E-state index in [0.717, 1.165) is 88.0 Å². The summed E-state index contributed by atoms with van der Waals surface area (Å²) in [4.78, 5) is 35.7. The van der Waals surface area contributed by atoms with E-state index in [0.29, 0.717) is 35.8 Å². The van der Waals surface area contributed by atoms with Gasteiger partial charge in [0, 0.05) is 42.3 Å². The van der Waals surface area contributed by atoms with E-state index in [2.05, 4.69) is 23.4 Å². The number of aliphatic imine (C=N–C) groups is 1. The Hall–Kier alpha value is -5.92. The number of aliphatic hydroxyl groups excluding tert-OH is 2. The summed E-state index contributed by atoms with van der Waals surface area (Å²) < 4.78 is 32.7. The molecule has 14 nitrogen and oxygen atoms in total. The number of ether oxygens (including phenoxy) is 5. The number of aromatic hydroxyl groups is 1. The number of phenolic OH excluding ortho intramolecular Hbond substituents is 1. The summed E-state index contributed by atoms with van der Waals surface area (Å²) >= 11 is 0. The molecule has 4 aromatic carbocycles. The fourth-order valence-electron chi connectivity index (χ4n) is 12.7. The summed E-state index contributed by atoms with van der Waals surface area (Å²) in [5.74, 6) is 3.70. The van der Waals surface area contributed by atoms with Crippen molar-refractivity contribution in [2.45, 2.75) is 106 Å². The van der Waals surface area contributed by atoms with Gasteiger partial charge in [-0.15, -0.1) is 0 Å². The lowest BCUT2D eigenvalue weighted by molar-refractivity contribution is -0.328. The zero-order valence-electron chi connectivity index (χ0n) is 37.3. The van der Waals surface area contributed by atoms with E-state index in [1.807, 2.05) is 31.3 Å². The smallest absolute Gasteiger partial charge is 0.254 e. The zero-order valence-corrected chi connectivity index (χ0v) is 37.3. The van der Waals surface area contributed by atoms with E-state index >= 15 is 4.79 Å². The molecule has 67 heavy (non-hydrogen) atoms. The number of aryl methyl sites for hydroxylation is 1. The highest BCUT2D eigenvalue weighted by Crippen LogP contribution is 2.62. The standard InChI is InChI=1S/C53H51N3O11/c1-54-20-26-11-15-37-34(18-26)35(21-55-37)39-16-14-33-48(63-2)32-13-12-29-19-28-7-4-9-30(28)42-41(29)43(32)45-47(60)44(42)38(58)23-56-22-36-27(6-3-10-31(36)51(56)61)8-5-17-64-50-46(59)40(24-65-39)66-52(67-49(33)45)53(50,62)25-57/h3,6,10-11,14-16,18,21,28-30,39-40,46,50,52,54,57,59,62H,4,7-9,12-13,19-20,22-25H2,1-2H3/p+1/b16-14+/t28-,29+,30-,39+,40+,46+,50-,52+,53+/m0/s1. The SMILES string of the molecule is CNCc1ccc2c(c1)[C+]([C@H]1/C=C/c3c(OC)c4c5c6c(c7c(O)c5c3O[C@H]3O[C@H](CO1)[C@@H](O)[C@H](OC#CCc1cccc5c1CN(CC7=O)C5=O)[C@]3(O)CO)[C@H]1CCC[C@H]1C[C@H]6CC4)C=N2. The third kappa shape index (κ3) is 6.39. The fourth-order valence-corrected chi connectivity index (χ4v) is 12.7. The molecule has 8 aliphatic rings. The first-order valence-corrected chi connectivity index (χ1v) is 23.5. The molecule has 3 aliphatic carbocycles. The molecule has 5 aliphatic heterocycles. The maximum absolute atomic E-state index is 15.3. The van der Waals surface area contributed by atoms with Crippen molar-refractivity contribution in [2.75, 3.05) is 33.9 Å². The Morgan fingerprint density at radius 2 is 1.97 bits per heavy atom. The van der Waals surface area contributed by atoms with E-state index in [-0.39, 0.29) is 72.1 Å². The number of carbonyl (C=O) groups excluding carboxylic acids is 2. The molecule has 14 heteroatoms. The molecule has 12 rings (SSSR count). The van der Waals surface area contributed by atoms with Crippen LogP contribution >= 0.6 is 0 Å². The number of hydrogen-bond donors (Lipinski definition) is 5. The van der Waals surface area contributed by atoms with Crippen LogP contribution in [0.4, 0.5) is 5.69 Å². The van der Waals surface area contributed by atoms with Gasteiger partial charge >= 0.3 is 0 Å². The van der Waals surface area contributed by atoms with Crippen LogP contribution in [0.1, 0.15) is 109 Å². The Labute approximate surface area is 387 Å². The number of methoxy groups -OCH3 is 1. The van der Waals surface area contributed by atoms with Crippen molar-refractivity contribution in [3.05, 3.63) is 104 Å². The number of hydrogen-bond acceptors (Lipinski definition) is 13. The van der Waals surface area contributed by atoms with Gasteiger partial charge in [0.2, 0.25) is 6.29 Å². The molecule has 344 valence electrons. The third-order valence-electron chi connectivity index (χ3n) is 15.8. The van der Waals surface area contributed by atoms with Crippen molar-refractivity contribution in [3.8, 4) is 29.3 Å². The van der Waals surface area contributed by atoms with Gasteiger partial charge in [0.25, 0.3) is 5.91 Å². The van der Waals surface area contributed by atoms with Gasteiger partial charge < -0.3 is 54.3 Å². The quantitative estimate of drug-likeness (QED) is 0.129. The first kappa shape index (κ1) is 42.4. The Kier molecular flexibility index (Phi) is 10.2. The average molecular weight is 907 g/mol. The van der Waals surface area contributed by atoms with Crippen molar-refractivity contribution in [2.24, 2.45) is 10.9 Å². The second-order valence-electron chi connectivity index (χ2n) is 19.3. The second kappa shape index (κ2) is 16.1. The van der Waals surface area contributed by atoms with Gasteiger partial charge in [-0.1, -0.05) is 24.5 Å². The predicted octanol–water partition coefficient (Wildman–Crippen LogP) is 5.27. The Morgan fingerprint density at radius 1 is 1.09 bits per heavy atom. The highest BCUT2D eigenvalue weighted by molar-refractivity contribution is 6.14. The molecule has 1 amide bonds. The van der Waals surface area contributed by atoms with Crippen LogP contribution in [0, 0.1) is 23.9 Å². The normalized spacial score (nSPS) is 30.3. The largest absolute Gasteiger partial charge is 0.506 e. The van der Waals surface area contributed by atoms with Crippen LogP contribution in [0.3, 0.4) is 0 Å². The van der Waals surface area contributed by atoms with Gasteiger partial charge in [-0.25, -0.2) is 0 Å². The number of nitrogens with one attached hydrogen (secondary N) is 1. The maximum atomic E-state index is 15.3. The van der Waals surface area contributed by atoms with Crippen molar-refractivity contribution in [1.29, 1.82) is 0 Å². The predicted molar refractivity (Wildman–Crippen MR) is 246 cm³/mol. The van der Waals surface area contributed by atoms with E-state index in [4.69, 9.17) is 28.7 Å². The molecule has 5 heterocycles. The Morgan fingerprint density at radius 3 is 2.81 bits per heavy atom. The minimum Gasteiger partial charge on any atom is -0.506 e. The number of benzene rings is 4. The van der Waals surface area contributed by atoms with Crippen LogP contribution in [0.25, 0.3) is 16.8 Å². The Balaban J connectivity index is 1.13. The van der Waals surface area contributed by atoms with Crippen LogP contribution in [0.5, 0.6) is 17.2 Å². The van der Waals surface area contributed by atoms with E-state index in [1.165, 1.54) is 0 Å². The summed E-state index contributed by atoms with van der Waals surface area (Å²) in [5.41, 5.74) is 5.40. The minimum atomic E-state index is -2.45. The lowest BCUT2D eigenvalue weighted by Gasteiger charge is -2.48. The highest BCUT2D eigenvalue weighted by Gasteiger charge is 2.59. The van der Waals surface area contributed by atoms with Gasteiger partial charge in [-0.3, -0.25) is 9.59 Å². The maximum Gasteiger partial charge on any atom is 0.254 e. The van der Waals surface area contributed by atoms with Crippen molar-refractivity contribution in [1.82, 2.24) is 10.2 Å². The van der Waals surface area contributed by atoms with Crippen LogP contribution in [-0.2, 0) is 40.1 Å². The molecular weight excluding hydrogens is 855 g/mol. The van der Waals surface area contributed by atoms with E-state index in [9.17, 15) is 25.2 Å². The van der Waals surface area contributed by atoms with Crippen molar-refractivity contribution < 1.29 is 53.7 Å². The van der Waals surface area contributed by atoms with E-state index < -0.39 is 42.9 Å². The van der Waals surface area contributed by atoms with Crippen LogP contribution in [0.15, 0.2) is 47.5 Å². The molecular formula is C53H52N3O11+. The van der Waals surface area contributed by atoms with Crippen LogP contribution in [0.2, 0.25) is 0 Å². The molecule has 0 unspecified atom stereocenters. The number of aliphatic hydroxyl groups is 3. The molecule has 0 spiro atoms. The molecule has 1 saturated carbocycles. The summed E-state index contributed by atoms with van der Waals surface area (Å²) in [6.07, 6.45) is 6.49. The molecule has 0 aromatic heterocycles. The third-order valence-corrected chi connectivity index (χ3v) is 15.8. The average Bonchev–Trinajstić information content (AvgIpc) is 4.06. The number of phenols is 1. The second-order valence-corrected chi connectivity index (χ2v) is 19.3. The molecule has 2 fully saturated rings. The number of nitrogens with zero attached hydrogens (tertiary/aromatic N) is 2. The molecule has 9 atom stereocenters. The lowest BCUT2D eigenvalue weighted by atomic mass is 9.64. The lowest BCUT2D eigenvalue weighted by Crippen LogP contribution is -2.70. The number of carbonyl (C=O) groups is 2. The number of fused-ring (bicyclic) bond motifs is 8. The molecule has 4 aromatic rings. The highest BCUT2D eigenvalue weighted by atomic mass is 16.7. The molecule has 0 radical (unpaired) electrons. The van der Waals surface area contributed by atoms with Crippen molar-refractivity contribution in [3.63, 3.8) is 0 Å². The van der Waals surface area contributed by atoms with Gasteiger partial charge in [0.1, 0.15) is 53.8 Å².